The molecule has 0 radical (unpaired) electrons. The molecule has 148 valence electrons. The quantitative estimate of drug-likeness (QED) is 0.750. The second-order valence-corrected chi connectivity index (χ2v) is 6.92. The van der Waals surface area contributed by atoms with E-state index < -0.39 is 0 Å². The fourth-order valence-corrected chi connectivity index (χ4v) is 3.59. The fourth-order valence-electron chi connectivity index (χ4n) is 3.59. The maximum Gasteiger partial charge on any atom is 0.221 e. The summed E-state index contributed by atoms with van der Waals surface area (Å²) in [7, 11) is 0. The number of carbonyl (C=O) groups excluding carboxylic acids is 1. The van der Waals surface area contributed by atoms with E-state index in [2.05, 4.69) is 45.4 Å². The topological polar surface area (TPSA) is 89.1 Å². The highest BCUT2D eigenvalue weighted by Crippen LogP contribution is 2.21. The van der Waals surface area contributed by atoms with Crippen molar-refractivity contribution < 1.29 is 4.79 Å². The minimum absolute atomic E-state index is 0. The first-order chi connectivity index (χ1) is 12.7. The lowest BCUT2D eigenvalue weighted by Gasteiger charge is -2.36. The van der Waals surface area contributed by atoms with Crippen molar-refractivity contribution in [2.24, 2.45) is 5.73 Å². The van der Waals surface area contributed by atoms with E-state index in [4.69, 9.17) is 5.73 Å². The third-order valence-electron chi connectivity index (χ3n) is 4.97. The number of carbonyl (C=O) groups is 1. The lowest BCUT2D eigenvalue weighted by atomic mass is 10.0. The van der Waals surface area contributed by atoms with Gasteiger partial charge in [-0.25, -0.2) is 9.67 Å². The predicted molar refractivity (Wildman–Crippen MR) is 108 cm³/mol. The summed E-state index contributed by atoms with van der Waals surface area (Å²) in [5.41, 5.74) is 8.96. The Balaban J connectivity index is 0.00000261. The van der Waals surface area contributed by atoms with E-state index in [9.17, 15) is 4.79 Å². The molecular formula is C19H29ClN6O. The first-order valence-electron chi connectivity index (χ1n) is 9.32. The maximum absolute atomic E-state index is 11.7. The number of nitrogens with one attached hydrogen (secondary N) is 1. The van der Waals surface area contributed by atoms with E-state index in [0.29, 0.717) is 25.6 Å². The van der Waals surface area contributed by atoms with Gasteiger partial charge in [-0.15, -0.1) is 12.4 Å². The minimum atomic E-state index is 0. The number of halogens is 1. The molecule has 0 aliphatic carbocycles. The standard InChI is InChI=1S/C19H28N6O.ClH/c1-15-10-16(5-6-18(15)25-14-21-13-23-25)12-24-9-3-2-4-17(24)11-22-19(26)7-8-20;/h5-6,10,13-14,17H,2-4,7-9,11-12,20H2,1H3,(H,22,26);1H. The van der Waals surface area contributed by atoms with Crippen molar-refractivity contribution in [3.05, 3.63) is 42.0 Å². The summed E-state index contributed by atoms with van der Waals surface area (Å²) in [5.74, 6) is 0.0473. The summed E-state index contributed by atoms with van der Waals surface area (Å²) in [5, 5.41) is 7.24. The zero-order valence-electron chi connectivity index (χ0n) is 15.8. The molecule has 2 heterocycles. The molecule has 1 saturated heterocycles. The van der Waals surface area contributed by atoms with Crippen molar-refractivity contribution in [1.29, 1.82) is 0 Å². The average molecular weight is 393 g/mol. The monoisotopic (exact) mass is 392 g/mol. The molecule has 0 saturated carbocycles. The summed E-state index contributed by atoms with van der Waals surface area (Å²) in [4.78, 5) is 18.2. The molecule has 1 aromatic heterocycles. The number of likely N-dealkylation sites (tertiary alicyclic amines) is 1. The normalized spacial score (nSPS) is 17.3. The van der Waals surface area contributed by atoms with Crippen LogP contribution in [-0.4, -0.2) is 51.2 Å². The Morgan fingerprint density at radius 2 is 2.22 bits per heavy atom. The van der Waals surface area contributed by atoms with Crippen LogP contribution in [0, 0.1) is 6.92 Å². The Morgan fingerprint density at radius 1 is 1.37 bits per heavy atom. The lowest BCUT2D eigenvalue weighted by molar-refractivity contribution is -0.121. The zero-order valence-corrected chi connectivity index (χ0v) is 16.6. The second-order valence-electron chi connectivity index (χ2n) is 6.92. The number of piperidine rings is 1. The lowest BCUT2D eigenvalue weighted by Crippen LogP contribution is -2.46. The van der Waals surface area contributed by atoms with E-state index in [1.54, 1.807) is 17.3 Å². The number of benzene rings is 1. The molecular weight excluding hydrogens is 364 g/mol. The van der Waals surface area contributed by atoms with Gasteiger partial charge in [-0.3, -0.25) is 9.69 Å². The van der Waals surface area contributed by atoms with Gasteiger partial charge in [0, 0.05) is 32.1 Å². The first-order valence-corrected chi connectivity index (χ1v) is 9.32. The highest BCUT2D eigenvalue weighted by molar-refractivity contribution is 5.85. The summed E-state index contributed by atoms with van der Waals surface area (Å²) in [6.07, 6.45) is 7.22. The van der Waals surface area contributed by atoms with Gasteiger partial charge in [0.1, 0.15) is 12.7 Å². The molecule has 3 N–H and O–H groups in total. The molecule has 1 amide bonds. The van der Waals surface area contributed by atoms with E-state index in [0.717, 1.165) is 25.2 Å². The van der Waals surface area contributed by atoms with Crippen molar-refractivity contribution in [3.8, 4) is 5.69 Å². The van der Waals surface area contributed by atoms with Gasteiger partial charge < -0.3 is 11.1 Å². The van der Waals surface area contributed by atoms with Crippen molar-refractivity contribution in [3.63, 3.8) is 0 Å². The molecule has 8 heteroatoms. The van der Waals surface area contributed by atoms with Gasteiger partial charge in [-0.2, -0.15) is 5.10 Å². The Bertz CT molecular complexity index is 721. The predicted octanol–water partition coefficient (Wildman–Crippen LogP) is 1.82. The number of hydrogen-bond donors (Lipinski definition) is 2. The van der Waals surface area contributed by atoms with Crippen molar-refractivity contribution in [2.45, 2.75) is 45.2 Å². The van der Waals surface area contributed by atoms with Crippen LogP contribution >= 0.6 is 12.4 Å². The van der Waals surface area contributed by atoms with Gasteiger partial charge in [0.05, 0.1) is 5.69 Å². The van der Waals surface area contributed by atoms with E-state index in [1.807, 2.05) is 0 Å². The number of aryl methyl sites for hydroxylation is 1. The largest absolute Gasteiger partial charge is 0.354 e. The molecule has 1 unspecified atom stereocenters. The van der Waals surface area contributed by atoms with Crippen molar-refractivity contribution >= 4 is 18.3 Å². The number of nitrogens with zero attached hydrogens (tertiary/aromatic N) is 4. The Morgan fingerprint density at radius 3 is 2.93 bits per heavy atom. The fraction of sp³-hybridized carbons (Fsp3) is 0.526. The van der Waals surface area contributed by atoms with Crippen LogP contribution in [0.15, 0.2) is 30.9 Å². The molecule has 0 bridgehead atoms. The van der Waals surface area contributed by atoms with Crippen LogP contribution < -0.4 is 11.1 Å². The molecule has 1 fully saturated rings. The van der Waals surface area contributed by atoms with Crippen LogP contribution in [0.4, 0.5) is 0 Å². The Hall–Kier alpha value is -1.96. The molecule has 7 nitrogen and oxygen atoms in total. The summed E-state index contributed by atoms with van der Waals surface area (Å²) in [6, 6.07) is 6.86. The van der Waals surface area contributed by atoms with Gasteiger partial charge in [0.2, 0.25) is 5.91 Å². The van der Waals surface area contributed by atoms with Crippen LogP contribution in [0.2, 0.25) is 0 Å². The number of amides is 1. The van der Waals surface area contributed by atoms with Gasteiger partial charge >= 0.3 is 0 Å². The Kier molecular flexibility index (Phi) is 8.22. The van der Waals surface area contributed by atoms with Gasteiger partial charge in [-0.1, -0.05) is 18.6 Å². The molecule has 1 aliphatic heterocycles. The van der Waals surface area contributed by atoms with Gasteiger partial charge in [0.25, 0.3) is 0 Å². The van der Waals surface area contributed by atoms with E-state index >= 15 is 0 Å². The van der Waals surface area contributed by atoms with Crippen LogP contribution in [0.3, 0.4) is 0 Å². The summed E-state index contributed by atoms with van der Waals surface area (Å²) >= 11 is 0. The highest BCUT2D eigenvalue weighted by atomic mass is 35.5. The van der Waals surface area contributed by atoms with Crippen LogP contribution in [-0.2, 0) is 11.3 Å². The SMILES string of the molecule is Cc1cc(CN2CCCCC2CNC(=O)CCN)ccc1-n1cncn1.Cl. The van der Waals surface area contributed by atoms with E-state index in [1.165, 1.54) is 24.0 Å². The Labute approximate surface area is 166 Å². The van der Waals surface area contributed by atoms with Gasteiger partial charge in [-0.05, 0) is 43.5 Å². The number of nitrogens with two attached hydrogens (primary N) is 1. The molecule has 27 heavy (non-hydrogen) atoms. The highest BCUT2D eigenvalue weighted by Gasteiger charge is 2.23. The van der Waals surface area contributed by atoms with Crippen molar-refractivity contribution in [1.82, 2.24) is 25.0 Å². The average Bonchev–Trinajstić information content (AvgIpc) is 3.16. The van der Waals surface area contributed by atoms with Crippen LogP contribution in [0.25, 0.3) is 5.69 Å². The molecule has 1 aliphatic rings. The molecule has 1 atom stereocenters. The molecule has 0 spiro atoms. The third-order valence-corrected chi connectivity index (χ3v) is 4.97. The summed E-state index contributed by atoms with van der Waals surface area (Å²) in [6.45, 7) is 5.17. The van der Waals surface area contributed by atoms with Crippen LogP contribution in [0.5, 0.6) is 0 Å². The number of hydrogen-bond acceptors (Lipinski definition) is 5. The number of aromatic nitrogens is 3. The van der Waals surface area contributed by atoms with Crippen molar-refractivity contribution in [2.75, 3.05) is 19.6 Å². The van der Waals surface area contributed by atoms with Gasteiger partial charge in [0.15, 0.2) is 0 Å². The third kappa shape index (κ3) is 5.76. The molecule has 1 aromatic carbocycles. The zero-order chi connectivity index (χ0) is 18.4. The summed E-state index contributed by atoms with van der Waals surface area (Å²) < 4.78 is 1.79. The minimum Gasteiger partial charge on any atom is -0.354 e. The molecule has 2 aromatic rings. The maximum atomic E-state index is 11.7. The number of rotatable bonds is 7. The first kappa shape index (κ1) is 21.3. The van der Waals surface area contributed by atoms with Crippen LogP contribution in [0.1, 0.15) is 36.8 Å². The smallest absolute Gasteiger partial charge is 0.221 e. The molecule has 3 rings (SSSR count). The second kappa shape index (κ2) is 10.4. The van der Waals surface area contributed by atoms with E-state index in [-0.39, 0.29) is 18.3 Å².